The highest BCUT2D eigenvalue weighted by atomic mass is 32.2. The van der Waals surface area contributed by atoms with E-state index < -0.39 is 27.1 Å². The zero-order chi connectivity index (χ0) is 17.3. The number of nitrogens with one attached hydrogen (secondary N) is 1. The largest absolute Gasteiger partial charge is 0.481 e. The molecule has 1 aliphatic carbocycles. The van der Waals surface area contributed by atoms with Gasteiger partial charge in [0.15, 0.2) is 6.54 Å². The van der Waals surface area contributed by atoms with E-state index in [-0.39, 0.29) is 18.5 Å². The van der Waals surface area contributed by atoms with E-state index in [9.17, 15) is 18.0 Å². The molecule has 0 unspecified atom stereocenters. The molecule has 1 amide bonds. The Morgan fingerprint density at radius 3 is 2.67 bits per heavy atom. The minimum atomic E-state index is -3.67. The van der Waals surface area contributed by atoms with Crippen LogP contribution in [0.4, 0.5) is 0 Å². The molecule has 2 aromatic rings. The van der Waals surface area contributed by atoms with Gasteiger partial charge in [0, 0.05) is 10.5 Å². The first-order valence-corrected chi connectivity index (χ1v) is 8.99. The number of aryl methyl sites for hydroxylation is 1. The van der Waals surface area contributed by atoms with Crippen LogP contribution in [-0.2, 0) is 21.4 Å². The number of benzene rings is 1. The number of carbonyl (C=O) groups is 2. The van der Waals surface area contributed by atoms with E-state index in [1.807, 2.05) is 0 Å². The lowest BCUT2D eigenvalue weighted by molar-refractivity contribution is -0.750. The van der Waals surface area contributed by atoms with Crippen LogP contribution in [0, 0.1) is 0 Å². The highest BCUT2D eigenvalue weighted by Crippen LogP contribution is 2.27. The number of nitrogens with zero attached hydrogens (tertiary/aromatic N) is 2. The van der Waals surface area contributed by atoms with Crippen LogP contribution >= 0.6 is 0 Å². The van der Waals surface area contributed by atoms with Crippen molar-refractivity contribution in [2.75, 3.05) is 0 Å². The normalized spacial score (nSPS) is 14.5. The summed E-state index contributed by atoms with van der Waals surface area (Å²) in [4.78, 5) is 23.2. The molecule has 0 spiro atoms. The molecule has 126 valence electrons. The standard InChI is InChI=1S/C15H15N3O5S/c19-14(20)7-8-18-9-12(11-3-1-2-4-13(11)16-18)15(21)17-24(22,23)10-5-6-10/h1-4,9-10H,5-8H2,(H-,17,19,20,21)/p+1. The number of carbonyl (C=O) groups excluding carboxylic acids is 1. The van der Waals surface area contributed by atoms with Crippen molar-refractivity contribution in [2.45, 2.75) is 31.1 Å². The summed E-state index contributed by atoms with van der Waals surface area (Å²) in [5.41, 5.74) is 0.634. The molecule has 0 aliphatic heterocycles. The fourth-order valence-electron chi connectivity index (χ4n) is 2.33. The number of fused-ring (bicyclic) bond motifs is 1. The number of aliphatic carboxylic acids is 1. The molecule has 2 N–H and O–H groups in total. The first-order valence-electron chi connectivity index (χ1n) is 7.44. The summed E-state index contributed by atoms with van der Waals surface area (Å²) in [6.07, 6.45) is 2.33. The Bertz CT molecular complexity index is 922. The van der Waals surface area contributed by atoms with Gasteiger partial charge in [0.2, 0.25) is 16.2 Å². The Balaban J connectivity index is 1.97. The zero-order valence-electron chi connectivity index (χ0n) is 12.7. The van der Waals surface area contributed by atoms with E-state index >= 15 is 0 Å². The van der Waals surface area contributed by atoms with E-state index in [4.69, 9.17) is 5.11 Å². The molecule has 1 heterocycles. The molecular weight excluding hydrogens is 334 g/mol. The van der Waals surface area contributed by atoms with Crippen molar-refractivity contribution >= 4 is 32.8 Å². The number of hydrogen-bond donors (Lipinski definition) is 2. The highest BCUT2D eigenvalue weighted by Gasteiger charge is 2.37. The van der Waals surface area contributed by atoms with Crippen molar-refractivity contribution in [1.29, 1.82) is 0 Å². The van der Waals surface area contributed by atoms with Crippen molar-refractivity contribution in [2.24, 2.45) is 0 Å². The molecule has 8 nitrogen and oxygen atoms in total. The van der Waals surface area contributed by atoms with Crippen molar-refractivity contribution < 1.29 is 27.8 Å². The molecule has 1 aromatic carbocycles. The second-order valence-electron chi connectivity index (χ2n) is 5.64. The van der Waals surface area contributed by atoms with Gasteiger partial charge in [-0.15, -0.1) is 0 Å². The van der Waals surface area contributed by atoms with E-state index in [0.717, 1.165) is 0 Å². The van der Waals surface area contributed by atoms with E-state index in [2.05, 4.69) is 9.82 Å². The monoisotopic (exact) mass is 350 g/mol. The minimum absolute atomic E-state index is 0.0792. The third kappa shape index (κ3) is 3.51. The van der Waals surface area contributed by atoms with E-state index in [0.29, 0.717) is 23.7 Å². The van der Waals surface area contributed by atoms with Crippen molar-refractivity contribution in [3.05, 3.63) is 36.0 Å². The van der Waals surface area contributed by atoms with Crippen LogP contribution in [0.2, 0.25) is 0 Å². The first-order chi connectivity index (χ1) is 11.4. The van der Waals surface area contributed by atoms with Gasteiger partial charge in [0.05, 0.1) is 5.25 Å². The van der Waals surface area contributed by atoms with Gasteiger partial charge in [-0.3, -0.25) is 9.59 Å². The maximum atomic E-state index is 12.4. The number of rotatable bonds is 6. The van der Waals surface area contributed by atoms with Crippen molar-refractivity contribution in [3.8, 4) is 0 Å². The molecular formula is C15H16N3O5S+. The average Bonchev–Trinajstić information content (AvgIpc) is 3.37. The molecule has 1 fully saturated rings. The molecule has 1 saturated carbocycles. The minimum Gasteiger partial charge on any atom is -0.481 e. The van der Waals surface area contributed by atoms with Crippen LogP contribution < -0.4 is 9.40 Å². The van der Waals surface area contributed by atoms with Gasteiger partial charge in [-0.05, 0) is 18.9 Å². The Morgan fingerprint density at radius 1 is 1.29 bits per heavy atom. The fraction of sp³-hybridized carbons (Fsp3) is 0.333. The zero-order valence-corrected chi connectivity index (χ0v) is 13.5. The van der Waals surface area contributed by atoms with E-state index in [1.165, 1.54) is 10.9 Å². The van der Waals surface area contributed by atoms with Crippen LogP contribution in [0.5, 0.6) is 0 Å². The van der Waals surface area contributed by atoms with Crippen LogP contribution in [0.25, 0.3) is 10.9 Å². The number of aromatic nitrogens is 2. The summed E-state index contributed by atoms with van der Waals surface area (Å²) >= 11 is 0. The first kappa shape index (κ1) is 16.3. The maximum Gasteiger partial charge on any atom is 0.309 e. The Morgan fingerprint density at radius 2 is 2.00 bits per heavy atom. The molecule has 1 aromatic heterocycles. The van der Waals surface area contributed by atoms with Crippen LogP contribution in [-0.4, -0.2) is 35.7 Å². The number of carboxylic acid groups (broad SMARTS) is 1. The van der Waals surface area contributed by atoms with Gasteiger partial charge in [-0.2, -0.15) is 0 Å². The summed E-state index contributed by atoms with van der Waals surface area (Å²) < 4.78 is 27.4. The van der Waals surface area contributed by atoms with Crippen LogP contribution in [0.3, 0.4) is 0 Å². The Labute approximate surface area is 138 Å². The van der Waals surface area contributed by atoms with E-state index in [1.54, 1.807) is 24.3 Å². The summed E-state index contributed by atoms with van der Waals surface area (Å²) in [5.74, 6) is -1.72. The quantitative estimate of drug-likeness (QED) is 0.720. The van der Waals surface area contributed by atoms with Crippen molar-refractivity contribution in [1.82, 2.24) is 9.82 Å². The van der Waals surface area contributed by atoms with Crippen LogP contribution in [0.15, 0.2) is 30.5 Å². The third-order valence-electron chi connectivity index (χ3n) is 3.71. The average molecular weight is 350 g/mol. The summed E-state index contributed by atoms with van der Waals surface area (Å²) in [6.45, 7) is 0.0792. The summed E-state index contributed by atoms with van der Waals surface area (Å²) in [5, 5.41) is 13.0. The predicted octanol–water partition coefficient (Wildman–Crippen LogP) is 0.219. The van der Waals surface area contributed by atoms with Gasteiger partial charge in [-0.1, -0.05) is 22.9 Å². The Kier molecular flexibility index (Phi) is 4.18. The maximum absolute atomic E-state index is 12.4. The van der Waals surface area contributed by atoms with Gasteiger partial charge < -0.3 is 5.11 Å². The number of carboxylic acids is 1. The SMILES string of the molecule is O=C(O)CC[n+]1cc(C(=O)NS(=O)(=O)C2CC2)c2ccccc2n1. The number of sulfonamides is 1. The predicted molar refractivity (Wildman–Crippen MR) is 83.6 cm³/mol. The lowest BCUT2D eigenvalue weighted by Gasteiger charge is -2.07. The van der Waals surface area contributed by atoms with Gasteiger partial charge in [0.25, 0.3) is 5.91 Å². The topological polar surface area (TPSA) is 117 Å². The third-order valence-corrected chi connectivity index (χ3v) is 5.53. The molecule has 3 rings (SSSR count). The summed E-state index contributed by atoms with van der Waals surface area (Å²) in [7, 11) is -3.67. The Hall–Kier alpha value is -2.55. The molecule has 0 bridgehead atoms. The van der Waals surface area contributed by atoms with Crippen LogP contribution in [0.1, 0.15) is 29.6 Å². The molecule has 0 radical (unpaired) electrons. The molecule has 0 atom stereocenters. The molecule has 24 heavy (non-hydrogen) atoms. The van der Waals surface area contributed by atoms with Gasteiger partial charge in [-0.25, -0.2) is 13.1 Å². The lowest BCUT2D eigenvalue weighted by Crippen LogP contribution is -2.41. The number of amides is 1. The smallest absolute Gasteiger partial charge is 0.309 e. The van der Waals surface area contributed by atoms with Gasteiger partial charge in [0.1, 0.15) is 17.5 Å². The fourth-order valence-corrected chi connectivity index (χ4v) is 3.62. The second kappa shape index (κ2) is 6.16. The second-order valence-corrected chi connectivity index (χ2v) is 7.60. The summed E-state index contributed by atoms with van der Waals surface area (Å²) in [6, 6.07) is 6.80. The van der Waals surface area contributed by atoms with Gasteiger partial charge >= 0.3 is 5.97 Å². The van der Waals surface area contributed by atoms with Crippen molar-refractivity contribution in [3.63, 3.8) is 0 Å². The molecule has 9 heteroatoms. The highest BCUT2D eigenvalue weighted by molar-refractivity contribution is 7.91. The number of hydrogen-bond acceptors (Lipinski definition) is 5. The molecule has 1 aliphatic rings. The molecule has 0 saturated heterocycles. The lowest BCUT2D eigenvalue weighted by atomic mass is 10.1.